The predicted molar refractivity (Wildman–Crippen MR) is 135 cm³/mol. The van der Waals surface area contributed by atoms with Crippen LogP contribution in [0.3, 0.4) is 0 Å². The molecule has 1 heterocycles. The number of rotatable bonds is 3. The molecule has 35 heavy (non-hydrogen) atoms. The zero-order valence-corrected chi connectivity index (χ0v) is 19.7. The quantitative estimate of drug-likeness (QED) is 0.352. The van der Waals surface area contributed by atoms with Gasteiger partial charge in [0.15, 0.2) is 5.78 Å². The van der Waals surface area contributed by atoms with Crippen LogP contribution in [-0.4, -0.2) is 16.6 Å². The molecular weight excluding hydrogens is 466 g/mol. The zero-order chi connectivity index (χ0) is 24.7. The Balaban J connectivity index is 1.67. The third-order valence-electron chi connectivity index (χ3n) is 6.57. The topological polar surface area (TPSA) is 92.6 Å². The maximum absolute atomic E-state index is 13.8. The van der Waals surface area contributed by atoms with Crippen molar-refractivity contribution in [1.29, 1.82) is 0 Å². The number of halogens is 1. The summed E-state index contributed by atoms with van der Waals surface area (Å²) in [6, 6.07) is 20.4. The minimum atomic E-state index is -0.630. The molecule has 1 N–H and O–H groups in total. The standard InChI is InChI=1S/C27H22ClN3O4/c1-16(32)30-24-8-3-2-7-22(24)29-23-14-19(18-5-4-6-21(13-18)31(34)35)15-25(33)26(23)27(30)17-9-11-20(28)12-10-17/h2-13,19,27,29H,14-15H2,1H3. The maximum Gasteiger partial charge on any atom is 0.269 e. The van der Waals surface area contributed by atoms with Gasteiger partial charge in [0.1, 0.15) is 0 Å². The lowest BCUT2D eigenvalue weighted by Crippen LogP contribution is -2.37. The van der Waals surface area contributed by atoms with Crippen LogP contribution in [0, 0.1) is 10.1 Å². The highest BCUT2D eigenvalue weighted by Crippen LogP contribution is 2.47. The average Bonchev–Trinajstić information content (AvgIpc) is 2.99. The number of Topliss-reactive ketones (excluding diaryl/α,β-unsaturated/α-hetero) is 1. The van der Waals surface area contributed by atoms with Gasteiger partial charge >= 0.3 is 0 Å². The van der Waals surface area contributed by atoms with Gasteiger partial charge in [-0.3, -0.25) is 24.6 Å². The number of ketones is 1. The molecule has 1 aliphatic carbocycles. The zero-order valence-electron chi connectivity index (χ0n) is 18.9. The Morgan fingerprint density at radius 3 is 2.49 bits per heavy atom. The lowest BCUT2D eigenvalue weighted by atomic mass is 9.78. The van der Waals surface area contributed by atoms with Crippen LogP contribution in [0.1, 0.15) is 42.9 Å². The number of para-hydroxylation sites is 2. The van der Waals surface area contributed by atoms with Crippen molar-refractivity contribution in [3.63, 3.8) is 0 Å². The molecule has 0 spiro atoms. The largest absolute Gasteiger partial charge is 0.357 e. The maximum atomic E-state index is 13.8. The van der Waals surface area contributed by atoms with Gasteiger partial charge in [-0.2, -0.15) is 0 Å². The monoisotopic (exact) mass is 487 g/mol. The fourth-order valence-electron chi connectivity index (χ4n) is 5.03. The summed E-state index contributed by atoms with van der Waals surface area (Å²) in [6.45, 7) is 1.49. The first-order valence-electron chi connectivity index (χ1n) is 11.3. The number of carbonyl (C=O) groups is 2. The first kappa shape index (κ1) is 22.8. The normalized spacial score (nSPS) is 19.4. The molecule has 2 atom stereocenters. The van der Waals surface area contributed by atoms with Crippen molar-refractivity contribution in [2.75, 3.05) is 10.2 Å². The van der Waals surface area contributed by atoms with Crippen molar-refractivity contribution in [2.45, 2.75) is 31.7 Å². The van der Waals surface area contributed by atoms with E-state index >= 15 is 0 Å². The van der Waals surface area contributed by atoms with Crippen LogP contribution in [0.15, 0.2) is 84.1 Å². The number of anilines is 2. The highest BCUT2D eigenvalue weighted by atomic mass is 35.5. The van der Waals surface area contributed by atoms with E-state index in [4.69, 9.17) is 11.6 Å². The highest BCUT2D eigenvalue weighted by Gasteiger charge is 2.40. The van der Waals surface area contributed by atoms with Gasteiger partial charge in [-0.1, -0.05) is 48.0 Å². The SMILES string of the molecule is CC(=O)N1c2ccccc2NC2=C(C(=O)CC(c3cccc([N+](=O)[O-])c3)C2)C1c1ccc(Cl)cc1. The summed E-state index contributed by atoms with van der Waals surface area (Å²) in [5, 5.41) is 15.3. The number of hydrogen-bond acceptors (Lipinski definition) is 5. The molecule has 3 aromatic carbocycles. The molecule has 1 aliphatic heterocycles. The Hall–Kier alpha value is -3.97. The molecule has 176 valence electrons. The van der Waals surface area contributed by atoms with E-state index < -0.39 is 11.0 Å². The highest BCUT2D eigenvalue weighted by molar-refractivity contribution is 6.30. The second-order valence-corrected chi connectivity index (χ2v) is 9.19. The third kappa shape index (κ3) is 4.19. The molecule has 2 unspecified atom stereocenters. The Morgan fingerprint density at radius 2 is 1.77 bits per heavy atom. The number of amides is 1. The first-order chi connectivity index (χ1) is 16.8. The number of benzene rings is 3. The summed E-state index contributed by atoms with van der Waals surface area (Å²) in [7, 11) is 0. The van der Waals surface area contributed by atoms with Crippen molar-refractivity contribution in [3.8, 4) is 0 Å². The van der Waals surface area contributed by atoms with E-state index in [1.807, 2.05) is 42.5 Å². The van der Waals surface area contributed by atoms with Crippen LogP contribution < -0.4 is 10.2 Å². The molecule has 0 bridgehead atoms. The van der Waals surface area contributed by atoms with Crippen LogP contribution in [0.4, 0.5) is 17.1 Å². The number of nitro benzene ring substituents is 1. The smallest absolute Gasteiger partial charge is 0.269 e. The van der Waals surface area contributed by atoms with Crippen molar-refractivity contribution in [1.82, 2.24) is 0 Å². The van der Waals surface area contributed by atoms with Gasteiger partial charge in [0.25, 0.3) is 5.69 Å². The van der Waals surface area contributed by atoms with E-state index in [2.05, 4.69) is 5.32 Å². The van der Waals surface area contributed by atoms with Gasteiger partial charge in [0.2, 0.25) is 5.91 Å². The Bertz CT molecular complexity index is 1380. The molecule has 1 amide bonds. The molecule has 8 heteroatoms. The summed E-state index contributed by atoms with van der Waals surface area (Å²) < 4.78 is 0. The molecule has 7 nitrogen and oxygen atoms in total. The number of non-ortho nitro benzene ring substituents is 1. The van der Waals surface area contributed by atoms with Gasteiger partial charge in [0, 0.05) is 41.8 Å². The van der Waals surface area contributed by atoms with Gasteiger partial charge < -0.3 is 5.32 Å². The second-order valence-electron chi connectivity index (χ2n) is 8.76. The summed E-state index contributed by atoms with van der Waals surface area (Å²) in [4.78, 5) is 39.3. The van der Waals surface area contributed by atoms with Gasteiger partial charge in [0.05, 0.1) is 22.3 Å². The van der Waals surface area contributed by atoms with Gasteiger partial charge in [-0.25, -0.2) is 0 Å². The van der Waals surface area contributed by atoms with E-state index in [1.165, 1.54) is 19.1 Å². The van der Waals surface area contributed by atoms with Crippen LogP contribution in [-0.2, 0) is 9.59 Å². The van der Waals surface area contributed by atoms with Gasteiger partial charge in [-0.15, -0.1) is 0 Å². The molecular formula is C27H22ClN3O4. The van der Waals surface area contributed by atoms with Gasteiger partial charge in [-0.05, 0) is 47.7 Å². The number of nitro groups is 1. The predicted octanol–water partition coefficient (Wildman–Crippen LogP) is 6.17. The molecule has 3 aromatic rings. The number of allylic oxidation sites excluding steroid dienone is 1. The number of nitrogens with one attached hydrogen (secondary N) is 1. The minimum absolute atomic E-state index is 0.00399. The van der Waals surface area contributed by atoms with E-state index in [0.29, 0.717) is 28.4 Å². The molecule has 2 aliphatic rings. The lowest BCUT2D eigenvalue weighted by molar-refractivity contribution is -0.384. The Labute approximate surface area is 207 Å². The fraction of sp³-hybridized carbons (Fsp3) is 0.185. The van der Waals surface area contributed by atoms with E-state index in [1.54, 1.807) is 23.1 Å². The number of fused-ring (bicyclic) bond motifs is 1. The molecule has 0 radical (unpaired) electrons. The first-order valence-corrected chi connectivity index (χ1v) is 11.6. The van der Waals surface area contributed by atoms with E-state index in [9.17, 15) is 19.7 Å². The molecule has 0 aromatic heterocycles. The lowest BCUT2D eigenvalue weighted by Gasteiger charge is -2.34. The molecule has 0 saturated carbocycles. The second kappa shape index (κ2) is 9.00. The number of nitrogens with zero attached hydrogens (tertiary/aromatic N) is 2. The van der Waals surface area contributed by atoms with Crippen molar-refractivity contribution in [3.05, 3.63) is 110 Å². The Morgan fingerprint density at radius 1 is 1.03 bits per heavy atom. The summed E-state index contributed by atoms with van der Waals surface area (Å²) in [5.41, 5.74) is 4.15. The number of carbonyl (C=O) groups excluding carboxylic acids is 2. The van der Waals surface area contributed by atoms with Crippen LogP contribution in [0.2, 0.25) is 5.02 Å². The fourth-order valence-corrected chi connectivity index (χ4v) is 5.15. The van der Waals surface area contributed by atoms with Crippen molar-refractivity contribution >= 4 is 40.4 Å². The minimum Gasteiger partial charge on any atom is -0.357 e. The van der Waals surface area contributed by atoms with Crippen LogP contribution in [0.5, 0.6) is 0 Å². The van der Waals surface area contributed by atoms with Crippen LogP contribution >= 0.6 is 11.6 Å². The molecule has 0 saturated heterocycles. The van der Waals surface area contributed by atoms with E-state index in [0.717, 1.165) is 16.8 Å². The van der Waals surface area contributed by atoms with Crippen molar-refractivity contribution in [2.24, 2.45) is 0 Å². The Kier molecular flexibility index (Phi) is 5.86. The third-order valence-corrected chi connectivity index (χ3v) is 6.82. The average molecular weight is 488 g/mol. The van der Waals surface area contributed by atoms with Crippen LogP contribution in [0.25, 0.3) is 0 Å². The summed E-state index contributed by atoms with van der Waals surface area (Å²) >= 11 is 6.13. The number of hydrogen-bond donors (Lipinski definition) is 1. The molecule has 5 rings (SSSR count). The summed E-state index contributed by atoms with van der Waals surface area (Å²) in [6.07, 6.45) is 0.667. The van der Waals surface area contributed by atoms with E-state index in [-0.39, 0.29) is 29.7 Å². The summed E-state index contributed by atoms with van der Waals surface area (Å²) in [5.74, 6) is -0.522. The molecule has 0 fully saturated rings. The van der Waals surface area contributed by atoms with Crippen molar-refractivity contribution < 1.29 is 14.5 Å².